The lowest BCUT2D eigenvalue weighted by Gasteiger charge is -2.74. The molecule has 0 radical (unpaired) electrons. The van der Waals surface area contributed by atoms with Gasteiger partial charge in [0.05, 0.1) is 38.1 Å². The molecule has 1 aromatic carbocycles. The molecule has 11 nitrogen and oxygen atoms in total. The maximum atomic E-state index is 13.7. The first-order valence-electron chi connectivity index (χ1n) is 21.4. The number of aliphatic hydroxyl groups excluding tert-OH is 6. The van der Waals surface area contributed by atoms with Crippen LogP contribution in [0.25, 0.3) is 0 Å². The lowest BCUT2D eigenvalue weighted by molar-refractivity contribution is -0.333. The first-order valence-corrected chi connectivity index (χ1v) is 21.4. The highest BCUT2D eigenvalue weighted by atomic mass is 16.7. The van der Waals surface area contributed by atoms with E-state index in [-0.39, 0.29) is 66.2 Å². The number of carboxylic acid groups (broad SMARTS) is 1. The molecule has 11 heteroatoms. The summed E-state index contributed by atoms with van der Waals surface area (Å²) in [7, 11) is 0. The van der Waals surface area contributed by atoms with E-state index in [1.807, 2.05) is 37.3 Å². The Morgan fingerprint density at radius 2 is 1.62 bits per heavy atom. The molecular weight excluding hydrogens is 716 g/mol. The molecule has 0 amide bonds. The van der Waals surface area contributed by atoms with Crippen LogP contribution in [0.2, 0.25) is 0 Å². The van der Waals surface area contributed by atoms with Gasteiger partial charge in [-0.1, -0.05) is 82.5 Å². The van der Waals surface area contributed by atoms with Crippen LogP contribution in [0, 0.1) is 56.2 Å². The quantitative estimate of drug-likeness (QED) is 0.145. The third-order valence-electron chi connectivity index (χ3n) is 17.6. The van der Waals surface area contributed by atoms with Gasteiger partial charge < -0.3 is 50.0 Å². The third kappa shape index (κ3) is 5.72. The largest absolute Gasteiger partial charge is 0.481 e. The zero-order chi connectivity index (χ0) is 40.1. The van der Waals surface area contributed by atoms with Gasteiger partial charge in [0.15, 0.2) is 6.29 Å². The number of fused-ring (bicyclic) bond motifs is 6. The summed E-state index contributed by atoms with van der Waals surface area (Å²) in [5.41, 5.74) is -1.37. The van der Waals surface area contributed by atoms with Crippen molar-refractivity contribution in [3.8, 4) is 0 Å². The fourth-order valence-corrected chi connectivity index (χ4v) is 15.0. The van der Waals surface area contributed by atoms with Gasteiger partial charge in [0, 0.05) is 12.0 Å². The number of ether oxygens (including phenoxy) is 3. The van der Waals surface area contributed by atoms with E-state index in [2.05, 4.69) is 26.8 Å². The zero-order valence-corrected chi connectivity index (χ0v) is 33.7. The normalized spacial score (nSPS) is 51.3. The third-order valence-corrected chi connectivity index (χ3v) is 17.6. The van der Waals surface area contributed by atoms with E-state index < -0.39 is 65.1 Å². The second kappa shape index (κ2) is 14.4. The molecule has 312 valence electrons. The summed E-state index contributed by atoms with van der Waals surface area (Å²) in [5, 5.41) is 77.3. The van der Waals surface area contributed by atoms with Crippen molar-refractivity contribution in [2.45, 2.75) is 148 Å². The SMILES string of the molecule is C[C@@]1(CO)C[C@@H](O)[C@]2(C(=O)O)[C@H]3CCCC[C@]45CC[C@@H]6[C@](C)(CO)[C@H](O[C@H]7OC[C@@H](O)[C@H](O)[C@H]7O)[C@H](OCc7ccccc7)C[C@@]6(C)[C@@H]4CC=C([C@H]2C1)[C@@]5(C)C3. The van der Waals surface area contributed by atoms with Crippen molar-refractivity contribution in [3.05, 3.63) is 47.5 Å². The Labute approximate surface area is 331 Å². The second-order valence-electron chi connectivity index (χ2n) is 20.4. The van der Waals surface area contributed by atoms with Crippen LogP contribution in [-0.2, 0) is 25.6 Å². The minimum Gasteiger partial charge on any atom is -0.481 e. The first kappa shape index (κ1) is 40.8. The van der Waals surface area contributed by atoms with Crippen LogP contribution in [0.15, 0.2) is 42.0 Å². The molecule has 6 fully saturated rings. The summed E-state index contributed by atoms with van der Waals surface area (Å²) in [6.07, 6.45) is 2.92. The summed E-state index contributed by atoms with van der Waals surface area (Å²) in [6, 6.07) is 9.93. The fraction of sp³-hybridized carbons (Fsp3) is 0.800. The predicted octanol–water partition coefficient (Wildman–Crippen LogP) is 4.59. The summed E-state index contributed by atoms with van der Waals surface area (Å²) in [5.74, 6) is -1.31. The molecule has 1 aromatic rings. The number of hydrogen-bond acceptors (Lipinski definition) is 10. The Morgan fingerprint density at radius 3 is 2.32 bits per heavy atom. The van der Waals surface area contributed by atoms with Crippen molar-refractivity contribution in [2.24, 2.45) is 56.2 Å². The van der Waals surface area contributed by atoms with Gasteiger partial charge in [-0.15, -0.1) is 0 Å². The number of benzene rings is 1. The smallest absolute Gasteiger partial charge is 0.313 e. The number of hydrogen-bond donors (Lipinski definition) is 7. The van der Waals surface area contributed by atoms with Gasteiger partial charge in [0.25, 0.3) is 0 Å². The van der Waals surface area contributed by atoms with Crippen LogP contribution in [-0.4, -0.2) is 104 Å². The highest BCUT2D eigenvalue weighted by Gasteiger charge is 2.75. The van der Waals surface area contributed by atoms with E-state index in [0.717, 1.165) is 50.5 Å². The Balaban J connectivity index is 1.22. The zero-order valence-electron chi connectivity index (χ0n) is 33.7. The minimum atomic E-state index is -1.49. The lowest BCUT2D eigenvalue weighted by Crippen LogP contribution is -2.71. The molecule has 56 heavy (non-hydrogen) atoms. The molecule has 7 N–H and O–H groups in total. The molecule has 7 aliphatic rings. The van der Waals surface area contributed by atoms with E-state index in [0.29, 0.717) is 25.9 Å². The summed E-state index contributed by atoms with van der Waals surface area (Å²) >= 11 is 0. The molecule has 0 aromatic heterocycles. The lowest BCUT2D eigenvalue weighted by atomic mass is 9.30. The van der Waals surface area contributed by atoms with Crippen molar-refractivity contribution >= 4 is 5.97 Å². The molecule has 2 bridgehead atoms. The van der Waals surface area contributed by atoms with Crippen LogP contribution in [0.5, 0.6) is 0 Å². The summed E-state index contributed by atoms with van der Waals surface area (Å²) < 4.78 is 19.4. The first-order chi connectivity index (χ1) is 26.5. The van der Waals surface area contributed by atoms with E-state index >= 15 is 0 Å². The molecule has 1 aliphatic heterocycles. The van der Waals surface area contributed by atoms with Gasteiger partial charge in [0.2, 0.25) is 0 Å². The fourth-order valence-electron chi connectivity index (χ4n) is 15.0. The number of rotatable bonds is 8. The highest BCUT2D eigenvalue weighted by molar-refractivity contribution is 5.78. The second-order valence-corrected chi connectivity index (χ2v) is 20.4. The van der Waals surface area contributed by atoms with Crippen LogP contribution >= 0.6 is 0 Å². The van der Waals surface area contributed by atoms with Crippen molar-refractivity contribution in [1.29, 1.82) is 0 Å². The number of aliphatic hydroxyl groups is 6. The maximum Gasteiger partial charge on any atom is 0.313 e. The van der Waals surface area contributed by atoms with Crippen LogP contribution in [0.4, 0.5) is 0 Å². The Hall–Kier alpha value is -1.93. The van der Waals surface area contributed by atoms with Gasteiger partial charge in [-0.05, 0) is 109 Å². The average Bonchev–Trinajstić information content (AvgIpc) is 3.16. The van der Waals surface area contributed by atoms with Gasteiger partial charge in [-0.25, -0.2) is 0 Å². The van der Waals surface area contributed by atoms with Gasteiger partial charge in [0.1, 0.15) is 23.7 Å². The van der Waals surface area contributed by atoms with E-state index in [9.17, 15) is 40.5 Å². The molecule has 0 unspecified atom stereocenters. The number of aliphatic carboxylic acids is 1. The van der Waals surface area contributed by atoms with E-state index in [1.54, 1.807) is 0 Å². The van der Waals surface area contributed by atoms with Crippen LogP contribution in [0.3, 0.4) is 0 Å². The van der Waals surface area contributed by atoms with Crippen LogP contribution < -0.4 is 0 Å². The van der Waals surface area contributed by atoms with Crippen molar-refractivity contribution in [2.75, 3.05) is 19.8 Å². The standard InChI is InChI=1S/C45H66O11/c1-40(24-46)19-29-28-13-14-33-41(2)20-31(54-22-26-10-6-5-7-11-26)37(56-38-36(51)35(50)30(48)23-55-38)42(3,25-47)32(41)15-17-44(33)16-9-8-12-27(18-43(28,44)4)45(29,39(52)53)34(49)21-40/h5-7,10-11,13,27,29-38,46-51H,8-9,12,14-25H2,1-4H3,(H,52,53)/t27-,29+,30+,31+,32-,33-,34+,35-,36+,37+,38+,40-,41+,42-,43+,44-,45-/m0/s1. The molecule has 8 rings (SSSR count). The van der Waals surface area contributed by atoms with E-state index in [4.69, 9.17) is 14.2 Å². The van der Waals surface area contributed by atoms with Gasteiger partial charge >= 0.3 is 5.97 Å². The molecule has 17 atom stereocenters. The molecule has 1 saturated heterocycles. The highest BCUT2D eigenvalue weighted by Crippen LogP contribution is 2.78. The van der Waals surface area contributed by atoms with Crippen molar-refractivity contribution < 1.29 is 54.8 Å². The van der Waals surface area contributed by atoms with Gasteiger partial charge in [-0.2, -0.15) is 0 Å². The Bertz CT molecular complexity index is 1650. The molecule has 5 saturated carbocycles. The summed E-state index contributed by atoms with van der Waals surface area (Å²) in [4.78, 5) is 13.7. The maximum absolute atomic E-state index is 13.7. The van der Waals surface area contributed by atoms with Gasteiger partial charge in [-0.3, -0.25) is 4.79 Å². The monoisotopic (exact) mass is 782 g/mol. The van der Waals surface area contributed by atoms with Crippen molar-refractivity contribution in [1.82, 2.24) is 0 Å². The molecule has 1 spiro atoms. The predicted molar refractivity (Wildman–Crippen MR) is 206 cm³/mol. The van der Waals surface area contributed by atoms with Crippen LogP contribution in [0.1, 0.15) is 104 Å². The topological polar surface area (TPSA) is 186 Å². The van der Waals surface area contributed by atoms with Crippen molar-refractivity contribution in [3.63, 3.8) is 0 Å². The minimum absolute atomic E-state index is 0.0101. The number of carbonyl (C=O) groups is 1. The number of allylic oxidation sites excluding steroid dienone is 2. The average molecular weight is 783 g/mol. The summed E-state index contributed by atoms with van der Waals surface area (Å²) in [6.45, 7) is 8.67. The van der Waals surface area contributed by atoms with E-state index in [1.165, 1.54) is 5.57 Å². The Morgan fingerprint density at radius 1 is 0.875 bits per heavy atom. The molecule has 6 aliphatic carbocycles. The molecular formula is C45H66O11. The molecule has 1 heterocycles. The Kier molecular flexibility index (Phi) is 10.5. The number of carboxylic acids is 1.